The van der Waals surface area contributed by atoms with E-state index in [0.29, 0.717) is 11.0 Å². The Hall–Kier alpha value is -1.80. The number of aliphatic hydroxyl groups is 7. The number of aliphatic hydroxyl groups excluding tert-OH is 7. The first-order valence-electron chi connectivity index (χ1n) is 9.02. The van der Waals surface area contributed by atoms with Crippen LogP contribution < -0.4 is 0 Å². The summed E-state index contributed by atoms with van der Waals surface area (Å²) in [6.07, 6.45) is -11.3. The van der Waals surface area contributed by atoms with Crippen LogP contribution in [0.2, 0.25) is 0 Å². The average molecular weight is 412 g/mol. The van der Waals surface area contributed by atoms with Gasteiger partial charge in [0.15, 0.2) is 6.29 Å². The lowest BCUT2D eigenvalue weighted by atomic mass is 9.99. The van der Waals surface area contributed by atoms with Gasteiger partial charge in [0.25, 0.3) is 0 Å². The molecule has 8 atom stereocenters. The summed E-state index contributed by atoms with van der Waals surface area (Å²) in [7, 11) is 0. The zero-order chi connectivity index (χ0) is 21.1. The van der Waals surface area contributed by atoms with Crippen molar-refractivity contribution in [3.63, 3.8) is 0 Å². The van der Waals surface area contributed by atoms with E-state index in [-0.39, 0.29) is 5.69 Å². The molecule has 11 nitrogen and oxygen atoms in total. The van der Waals surface area contributed by atoms with E-state index < -0.39 is 62.2 Å². The highest BCUT2D eigenvalue weighted by Crippen LogP contribution is 2.28. The average Bonchev–Trinajstić information content (AvgIpc) is 2.75. The third kappa shape index (κ3) is 4.53. The predicted molar refractivity (Wildman–Crippen MR) is 96.2 cm³/mol. The minimum atomic E-state index is -1.74. The van der Waals surface area contributed by atoms with E-state index in [4.69, 9.17) is 9.47 Å². The molecule has 1 fully saturated rings. The van der Waals surface area contributed by atoms with Crippen LogP contribution in [0.3, 0.4) is 0 Å². The highest BCUT2D eigenvalue weighted by molar-refractivity contribution is 5.73. The van der Waals surface area contributed by atoms with Crippen LogP contribution in [0.25, 0.3) is 11.0 Å². The molecule has 0 amide bonds. The zero-order valence-electron chi connectivity index (χ0n) is 15.3. The molecule has 1 saturated heterocycles. The van der Waals surface area contributed by atoms with Crippen LogP contribution in [0.5, 0.6) is 0 Å². The smallest absolute Gasteiger partial charge is 0.187 e. The first kappa shape index (κ1) is 21.9. The van der Waals surface area contributed by atoms with E-state index >= 15 is 0 Å². The summed E-state index contributed by atoms with van der Waals surface area (Å²) >= 11 is 0. The lowest BCUT2D eigenvalue weighted by Crippen LogP contribution is -2.60. The molecule has 2 heterocycles. The molecule has 1 aliphatic rings. The number of para-hydroxylation sites is 2. The Morgan fingerprint density at radius 2 is 1.69 bits per heavy atom. The SMILES string of the molecule is OC[C@@H](O)[C@@H](O[C@H]1O[C@H](CO)[C@H](O)[C@H](O)[C@H]1O)[C@H](O)c1cnc2ccccc2n1. The number of benzene rings is 1. The molecule has 0 unspecified atom stereocenters. The van der Waals surface area contributed by atoms with Gasteiger partial charge in [-0.1, -0.05) is 12.1 Å². The van der Waals surface area contributed by atoms with E-state index in [0.717, 1.165) is 0 Å². The lowest BCUT2D eigenvalue weighted by molar-refractivity contribution is -0.325. The normalized spacial score (nSPS) is 30.8. The van der Waals surface area contributed by atoms with E-state index in [9.17, 15) is 35.7 Å². The quantitative estimate of drug-likeness (QED) is 0.249. The number of fused-ring (bicyclic) bond motifs is 1. The summed E-state index contributed by atoms with van der Waals surface area (Å²) in [5.41, 5.74) is 1.09. The molecule has 1 aromatic heterocycles. The largest absolute Gasteiger partial charge is 0.394 e. The molecule has 1 aliphatic heterocycles. The first-order chi connectivity index (χ1) is 13.9. The predicted octanol–water partition coefficient (Wildman–Crippen LogP) is -2.80. The van der Waals surface area contributed by atoms with Crippen LogP contribution >= 0.6 is 0 Å². The second-order valence-corrected chi connectivity index (χ2v) is 6.78. The van der Waals surface area contributed by atoms with Crippen molar-refractivity contribution < 1.29 is 45.2 Å². The first-order valence-corrected chi connectivity index (χ1v) is 9.02. The summed E-state index contributed by atoms with van der Waals surface area (Å²) in [4.78, 5) is 8.43. The maximum absolute atomic E-state index is 10.7. The van der Waals surface area contributed by atoms with Crippen LogP contribution in [0, 0.1) is 0 Å². The summed E-state index contributed by atoms with van der Waals surface area (Å²) in [5.74, 6) is 0. The Morgan fingerprint density at radius 1 is 1.00 bits per heavy atom. The molecule has 29 heavy (non-hydrogen) atoms. The van der Waals surface area contributed by atoms with Crippen molar-refractivity contribution in [2.45, 2.75) is 49.0 Å². The van der Waals surface area contributed by atoms with Gasteiger partial charge in [0.2, 0.25) is 0 Å². The van der Waals surface area contributed by atoms with Gasteiger partial charge in [0, 0.05) is 0 Å². The molecule has 160 valence electrons. The van der Waals surface area contributed by atoms with Crippen molar-refractivity contribution in [2.24, 2.45) is 0 Å². The molecule has 7 N–H and O–H groups in total. The third-order valence-electron chi connectivity index (χ3n) is 4.79. The fraction of sp³-hybridized carbons (Fsp3) is 0.556. The molecule has 0 spiro atoms. The Balaban J connectivity index is 1.85. The van der Waals surface area contributed by atoms with Gasteiger partial charge in [-0.2, -0.15) is 0 Å². The molecule has 1 aromatic carbocycles. The number of hydrogen-bond donors (Lipinski definition) is 7. The lowest BCUT2D eigenvalue weighted by Gasteiger charge is -2.41. The number of rotatable bonds is 7. The van der Waals surface area contributed by atoms with Gasteiger partial charge in [-0.25, -0.2) is 4.98 Å². The highest BCUT2D eigenvalue weighted by Gasteiger charge is 2.46. The van der Waals surface area contributed by atoms with Crippen molar-refractivity contribution in [3.05, 3.63) is 36.2 Å². The Labute approximate surface area is 165 Å². The zero-order valence-corrected chi connectivity index (χ0v) is 15.3. The maximum atomic E-state index is 10.7. The molecule has 0 saturated carbocycles. The topological polar surface area (TPSA) is 186 Å². The Kier molecular flexibility index (Phi) is 7.05. The number of hydrogen-bond acceptors (Lipinski definition) is 11. The second-order valence-electron chi connectivity index (χ2n) is 6.78. The summed E-state index contributed by atoms with van der Waals surface area (Å²) in [6.45, 7) is -1.46. The van der Waals surface area contributed by atoms with Gasteiger partial charge in [0.05, 0.1) is 36.1 Å². The van der Waals surface area contributed by atoms with E-state index in [1.165, 1.54) is 6.20 Å². The van der Waals surface area contributed by atoms with Crippen LogP contribution in [0.15, 0.2) is 30.5 Å². The van der Waals surface area contributed by atoms with Gasteiger partial charge in [-0.15, -0.1) is 0 Å². The molecule has 2 aromatic rings. The van der Waals surface area contributed by atoms with Crippen molar-refractivity contribution in [3.8, 4) is 0 Å². The van der Waals surface area contributed by atoms with E-state index in [2.05, 4.69) is 9.97 Å². The summed E-state index contributed by atoms with van der Waals surface area (Å²) < 4.78 is 10.7. The standard InChI is InChI=1S/C18H24N2O9/c21-6-11(23)17(29-18-16(27)15(26)14(25)12(7-22)28-18)13(24)10-5-19-8-3-1-2-4-9(8)20-10/h1-5,11-18,21-27H,6-7H2/t11-,12-,13-,14+,15+,16-,17-,18-/m1/s1. The highest BCUT2D eigenvalue weighted by atomic mass is 16.7. The van der Waals surface area contributed by atoms with Crippen molar-refractivity contribution in [2.75, 3.05) is 13.2 Å². The van der Waals surface area contributed by atoms with Crippen molar-refractivity contribution in [1.82, 2.24) is 9.97 Å². The molecule has 11 heteroatoms. The molecular formula is C18H24N2O9. The Bertz CT molecular complexity index is 808. The summed E-state index contributed by atoms with van der Waals surface area (Å²) in [6, 6.07) is 6.91. The molecule has 0 aliphatic carbocycles. The molecule has 0 bridgehead atoms. The van der Waals surface area contributed by atoms with Crippen LogP contribution in [0.4, 0.5) is 0 Å². The van der Waals surface area contributed by atoms with Gasteiger partial charge < -0.3 is 45.2 Å². The minimum absolute atomic E-state index is 0.0331. The van der Waals surface area contributed by atoms with Gasteiger partial charge >= 0.3 is 0 Å². The fourth-order valence-electron chi connectivity index (χ4n) is 3.10. The van der Waals surface area contributed by atoms with Crippen LogP contribution in [-0.4, -0.2) is 102 Å². The van der Waals surface area contributed by atoms with E-state index in [1.807, 2.05) is 0 Å². The molecular weight excluding hydrogens is 388 g/mol. The monoisotopic (exact) mass is 412 g/mol. The van der Waals surface area contributed by atoms with Gasteiger partial charge in [-0.05, 0) is 12.1 Å². The number of ether oxygens (including phenoxy) is 2. The number of nitrogens with zero attached hydrogens (tertiary/aromatic N) is 2. The minimum Gasteiger partial charge on any atom is -0.394 e. The molecule has 3 rings (SSSR count). The Morgan fingerprint density at radius 3 is 2.34 bits per heavy atom. The third-order valence-corrected chi connectivity index (χ3v) is 4.79. The second kappa shape index (κ2) is 9.34. The fourth-order valence-corrected chi connectivity index (χ4v) is 3.10. The van der Waals surface area contributed by atoms with Crippen LogP contribution in [-0.2, 0) is 9.47 Å². The van der Waals surface area contributed by atoms with Crippen molar-refractivity contribution in [1.29, 1.82) is 0 Å². The van der Waals surface area contributed by atoms with Crippen LogP contribution in [0.1, 0.15) is 11.8 Å². The maximum Gasteiger partial charge on any atom is 0.187 e. The van der Waals surface area contributed by atoms with Gasteiger partial charge in [0.1, 0.15) is 42.7 Å². The van der Waals surface area contributed by atoms with E-state index in [1.54, 1.807) is 24.3 Å². The van der Waals surface area contributed by atoms with Crippen molar-refractivity contribution >= 4 is 11.0 Å². The number of aromatic nitrogens is 2. The summed E-state index contributed by atoms with van der Waals surface area (Å²) in [5, 5.41) is 69.3. The van der Waals surface area contributed by atoms with Gasteiger partial charge in [-0.3, -0.25) is 4.98 Å². The molecule has 0 radical (unpaired) electrons.